The molecule has 0 aliphatic rings. The van der Waals surface area contributed by atoms with E-state index in [1.807, 2.05) is 30.3 Å². The number of aryl methyl sites for hydroxylation is 1. The molecule has 2 rings (SSSR count). The molecule has 1 N–H and O–H groups in total. The fraction of sp³-hybridized carbons (Fsp3) is 0.312. The molecule has 0 radical (unpaired) electrons. The van der Waals surface area contributed by atoms with Crippen LogP contribution in [0, 0.1) is 12.7 Å². The van der Waals surface area contributed by atoms with Crippen LogP contribution in [0.25, 0.3) is 0 Å². The van der Waals surface area contributed by atoms with Crippen molar-refractivity contribution in [2.45, 2.75) is 26.3 Å². The maximum Gasteiger partial charge on any atom is 0.126 e. The van der Waals surface area contributed by atoms with Gasteiger partial charge in [0, 0.05) is 24.4 Å². The van der Waals surface area contributed by atoms with Gasteiger partial charge in [0.05, 0.1) is 0 Å². The van der Waals surface area contributed by atoms with Gasteiger partial charge >= 0.3 is 0 Å². The monoisotopic (exact) mass is 258 g/mol. The molecule has 2 nitrogen and oxygen atoms in total. The Morgan fingerprint density at radius 1 is 1.26 bits per heavy atom. The summed E-state index contributed by atoms with van der Waals surface area (Å²) in [4.78, 5) is 4.35. The van der Waals surface area contributed by atoms with Crippen LogP contribution in [0.4, 0.5) is 4.39 Å². The van der Waals surface area contributed by atoms with Crippen LogP contribution in [0.3, 0.4) is 0 Å². The summed E-state index contributed by atoms with van der Waals surface area (Å²) >= 11 is 0. The minimum atomic E-state index is -0.156. The molecule has 0 saturated heterocycles. The molecule has 1 heterocycles. The standard InChI is InChI=1S/C16H19FN2/c1-3-18-16(11-14-6-4-5-9-19-14)13-7-8-15(17)12(2)10-13/h4-10,16,18H,3,11H2,1-2H3. The van der Waals surface area contributed by atoms with Crippen LogP contribution in [0.2, 0.25) is 0 Å². The maximum atomic E-state index is 13.3. The van der Waals surface area contributed by atoms with Crippen LogP contribution in [0.5, 0.6) is 0 Å². The highest BCUT2D eigenvalue weighted by molar-refractivity contribution is 5.27. The number of nitrogens with zero attached hydrogens (tertiary/aromatic N) is 1. The predicted molar refractivity (Wildman–Crippen MR) is 75.5 cm³/mol. The van der Waals surface area contributed by atoms with E-state index in [2.05, 4.69) is 17.2 Å². The zero-order valence-electron chi connectivity index (χ0n) is 11.4. The van der Waals surface area contributed by atoms with Crippen LogP contribution in [-0.2, 0) is 6.42 Å². The zero-order valence-corrected chi connectivity index (χ0v) is 11.4. The van der Waals surface area contributed by atoms with Crippen molar-refractivity contribution in [1.29, 1.82) is 0 Å². The molecule has 0 aliphatic heterocycles. The normalized spacial score (nSPS) is 12.4. The van der Waals surface area contributed by atoms with Gasteiger partial charge in [-0.05, 0) is 42.8 Å². The maximum absolute atomic E-state index is 13.3. The van der Waals surface area contributed by atoms with E-state index in [1.54, 1.807) is 13.1 Å². The fourth-order valence-electron chi connectivity index (χ4n) is 2.17. The summed E-state index contributed by atoms with van der Waals surface area (Å²) in [5.74, 6) is -0.156. The molecule has 0 aliphatic carbocycles. The van der Waals surface area contributed by atoms with Gasteiger partial charge in [0.1, 0.15) is 5.82 Å². The smallest absolute Gasteiger partial charge is 0.126 e. The topological polar surface area (TPSA) is 24.9 Å². The number of hydrogen-bond donors (Lipinski definition) is 1. The van der Waals surface area contributed by atoms with Gasteiger partial charge in [-0.1, -0.05) is 25.1 Å². The minimum absolute atomic E-state index is 0.156. The molecule has 0 spiro atoms. The molecule has 1 atom stereocenters. The van der Waals surface area contributed by atoms with Gasteiger partial charge in [-0.15, -0.1) is 0 Å². The zero-order chi connectivity index (χ0) is 13.7. The number of hydrogen-bond acceptors (Lipinski definition) is 2. The number of pyridine rings is 1. The molecule has 0 fully saturated rings. The third kappa shape index (κ3) is 3.61. The van der Waals surface area contributed by atoms with Crippen molar-refractivity contribution < 1.29 is 4.39 Å². The van der Waals surface area contributed by atoms with Gasteiger partial charge in [0.2, 0.25) is 0 Å². The third-order valence-corrected chi connectivity index (χ3v) is 3.17. The highest BCUT2D eigenvalue weighted by atomic mass is 19.1. The Kier molecular flexibility index (Phi) is 4.63. The second-order valence-electron chi connectivity index (χ2n) is 4.64. The third-order valence-electron chi connectivity index (χ3n) is 3.17. The fourth-order valence-corrected chi connectivity index (χ4v) is 2.17. The highest BCUT2D eigenvalue weighted by Crippen LogP contribution is 2.20. The number of benzene rings is 1. The van der Waals surface area contributed by atoms with Crippen LogP contribution in [-0.4, -0.2) is 11.5 Å². The SMILES string of the molecule is CCNC(Cc1ccccn1)c1ccc(F)c(C)c1. The second-order valence-corrected chi connectivity index (χ2v) is 4.64. The summed E-state index contributed by atoms with van der Waals surface area (Å²) in [6, 6.07) is 11.4. The Labute approximate surface area is 113 Å². The van der Waals surface area contributed by atoms with E-state index < -0.39 is 0 Å². The van der Waals surface area contributed by atoms with E-state index in [1.165, 1.54) is 6.07 Å². The summed E-state index contributed by atoms with van der Waals surface area (Å²) < 4.78 is 13.3. The van der Waals surface area contributed by atoms with Gasteiger partial charge in [-0.25, -0.2) is 4.39 Å². The van der Waals surface area contributed by atoms with E-state index in [4.69, 9.17) is 0 Å². The predicted octanol–water partition coefficient (Wildman–Crippen LogP) is 3.42. The largest absolute Gasteiger partial charge is 0.310 e. The van der Waals surface area contributed by atoms with Crippen molar-refractivity contribution in [3.05, 3.63) is 65.2 Å². The molecule has 0 bridgehead atoms. The molecule has 3 heteroatoms. The molecule has 0 saturated carbocycles. The molecule has 1 aromatic heterocycles. The first kappa shape index (κ1) is 13.7. The lowest BCUT2D eigenvalue weighted by molar-refractivity contribution is 0.541. The van der Waals surface area contributed by atoms with Crippen molar-refractivity contribution in [2.24, 2.45) is 0 Å². The Bertz CT molecular complexity index is 526. The summed E-state index contributed by atoms with van der Waals surface area (Å²) in [6.07, 6.45) is 2.61. The quantitative estimate of drug-likeness (QED) is 0.888. The average Bonchev–Trinajstić information content (AvgIpc) is 2.43. The Hall–Kier alpha value is -1.74. The lowest BCUT2D eigenvalue weighted by atomic mass is 9.99. The van der Waals surface area contributed by atoms with Gasteiger partial charge in [-0.3, -0.25) is 4.98 Å². The Morgan fingerprint density at radius 3 is 2.74 bits per heavy atom. The van der Waals surface area contributed by atoms with Crippen molar-refractivity contribution in [3.63, 3.8) is 0 Å². The number of nitrogens with one attached hydrogen (secondary N) is 1. The number of halogens is 1. The summed E-state index contributed by atoms with van der Waals surface area (Å²) in [6.45, 7) is 4.73. The van der Waals surface area contributed by atoms with E-state index in [0.29, 0.717) is 5.56 Å². The van der Waals surface area contributed by atoms with E-state index in [0.717, 1.165) is 24.2 Å². The van der Waals surface area contributed by atoms with Gasteiger partial charge in [0.25, 0.3) is 0 Å². The summed E-state index contributed by atoms with van der Waals surface area (Å²) in [5, 5.41) is 3.43. The first-order chi connectivity index (χ1) is 9.20. The lowest BCUT2D eigenvalue weighted by Gasteiger charge is -2.18. The van der Waals surface area contributed by atoms with Crippen LogP contribution in [0.1, 0.15) is 29.8 Å². The number of aromatic nitrogens is 1. The van der Waals surface area contributed by atoms with Crippen molar-refractivity contribution in [3.8, 4) is 0 Å². The number of rotatable bonds is 5. The van der Waals surface area contributed by atoms with Crippen molar-refractivity contribution in [1.82, 2.24) is 10.3 Å². The number of likely N-dealkylation sites (N-methyl/N-ethyl adjacent to an activating group) is 1. The van der Waals surface area contributed by atoms with Gasteiger partial charge < -0.3 is 5.32 Å². The second kappa shape index (κ2) is 6.43. The molecule has 100 valence electrons. The molecule has 1 unspecified atom stereocenters. The van der Waals surface area contributed by atoms with Crippen LogP contribution >= 0.6 is 0 Å². The van der Waals surface area contributed by atoms with Crippen molar-refractivity contribution in [2.75, 3.05) is 6.54 Å². The van der Waals surface area contributed by atoms with E-state index in [9.17, 15) is 4.39 Å². The van der Waals surface area contributed by atoms with Crippen LogP contribution < -0.4 is 5.32 Å². The van der Waals surface area contributed by atoms with Crippen molar-refractivity contribution >= 4 is 0 Å². The summed E-state index contributed by atoms with van der Waals surface area (Å²) in [5.41, 5.74) is 2.82. The van der Waals surface area contributed by atoms with E-state index >= 15 is 0 Å². The van der Waals surface area contributed by atoms with E-state index in [-0.39, 0.29) is 11.9 Å². The Balaban J connectivity index is 2.21. The molecule has 0 amide bonds. The van der Waals surface area contributed by atoms with Gasteiger partial charge in [-0.2, -0.15) is 0 Å². The first-order valence-corrected chi connectivity index (χ1v) is 6.60. The molecule has 1 aromatic carbocycles. The first-order valence-electron chi connectivity index (χ1n) is 6.60. The van der Waals surface area contributed by atoms with Crippen LogP contribution in [0.15, 0.2) is 42.6 Å². The average molecular weight is 258 g/mol. The lowest BCUT2D eigenvalue weighted by Crippen LogP contribution is -2.23. The molecular weight excluding hydrogens is 239 g/mol. The minimum Gasteiger partial charge on any atom is -0.310 e. The molecule has 2 aromatic rings. The molecular formula is C16H19FN2. The highest BCUT2D eigenvalue weighted by Gasteiger charge is 2.13. The summed E-state index contributed by atoms with van der Waals surface area (Å²) in [7, 11) is 0. The molecule has 19 heavy (non-hydrogen) atoms. The van der Waals surface area contributed by atoms with Gasteiger partial charge in [0.15, 0.2) is 0 Å². The Morgan fingerprint density at radius 2 is 2.11 bits per heavy atom.